The van der Waals surface area contributed by atoms with Crippen LogP contribution in [0.2, 0.25) is 0 Å². The fourth-order valence-electron chi connectivity index (χ4n) is 2.93. The Morgan fingerprint density at radius 3 is 2.42 bits per heavy atom. The van der Waals surface area contributed by atoms with Crippen LogP contribution >= 0.6 is 0 Å². The minimum Gasteiger partial charge on any atom is -0.192 e. The third kappa shape index (κ3) is 3.83. The lowest BCUT2D eigenvalue weighted by atomic mass is 9.77. The summed E-state index contributed by atoms with van der Waals surface area (Å²) in [6.45, 7) is 3.70. The number of nitrogens with zero attached hydrogens (tertiary/aromatic N) is 1. The van der Waals surface area contributed by atoms with Gasteiger partial charge in [0, 0.05) is 0 Å². The van der Waals surface area contributed by atoms with Gasteiger partial charge in [0.05, 0.1) is 11.6 Å². The largest absolute Gasteiger partial charge is 0.192 e. The highest BCUT2D eigenvalue weighted by Gasteiger charge is 2.21. The van der Waals surface area contributed by atoms with E-state index >= 15 is 0 Å². The van der Waals surface area contributed by atoms with Crippen LogP contribution in [-0.2, 0) is 0 Å². The normalized spacial score (nSPS) is 23.1. The van der Waals surface area contributed by atoms with Gasteiger partial charge >= 0.3 is 0 Å². The van der Waals surface area contributed by atoms with Crippen LogP contribution in [0.15, 0.2) is 49.1 Å². The molecule has 1 aliphatic carbocycles. The highest BCUT2D eigenvalue weighted by atomic mass is 14.3. The van der Waals surface area contributed by atoms with Gasteiger partial charge in [-0.2, -0.15) is 5.26 Å². The van der Waals surface area contributed by atoms with Gasteiger partial charge in [-0.25, -0.2) is 0 Å². The molecule has 2 rings (SSSR count). The van der Waals surface area contributed by atoms with Gasteiger partial charge in [0.1, 0.15) is 0 Å². The smallest absolute Gasteiger partial charge is 0.0991 e. The summed E-state index contributed by atoms with van der Waals surface area (Å²) in [7, 11) is 0. The second-order valence-corrected chi connectivity index (χ2v) is 5.35. The minimum atomic E-state index is 0.687. The Labute approximate surface area is 116 Å². The zero-order valence-corrected chi connectivity index (χ0v) is 11.4. The van der Waals surface area contributed by atoms with E-state index in [9.17, 15) is 0 Å². The molecular formula is C18H21N. The Bertz CT molecular complexity index is 467. The first-order valence-electron chi connectivity index (χ1n) is 7.11. The molecule has 0 radical (unpaired) electrons. The molecule has 0 heterocycles. The molecule has 98 valence electrons. The first-order chi connectivity index (χ1) is 9.33. The molecule has 0 N–H and O–H groups in total. The number of benzene rings is 1. The lowest BCUT2D eigenvalue weighted by molar-refractivity contribution is 0.328. The summed E-state index contributed by atoms with van der Waals surface area (Å²) in [4.78, 5) is 0. The fraction of sp³-hybridized carbons (Fsp3) is 0.389. The van der Waals surface area contributed by atoms with Crippen molar-refractivity contribution in [3.8, 4) is 6.07 Å². The topological polar surface area (TPSA) is 23.8 Å². The van der Waals surface area contributed by atoms with Crippen molar-refractivity contribution in [2.75, 3.05) is 0 Å². The summed E-state index contributed by atoms with van der Waals surface area (Å²) in [5.41, 5.74) is 2.16. The molecule has 0 unspecified atom stereocenters. The zero-order chi connectivity index (χ0) is 13.5. The van der Waals surface area contributed by atoms with E-state index in [4.69, 9.17) is 5.26 Å². The molecule has 0 atom stereocenters. The van der Waals surface area contributed by atoms with Crippen molar-refractivity contribution in [1.29, 1.82) is 5.26 Å². The Balaban J connectivity index is 1.87. The standard InChI is InChI=1S/C18H21N/c1-2-3-4-5-15-6-10-17(11-7-15)18-12-8-16(14-19)9-13-18/h2-4,8-9,12-13,15,17H,1,5-7,10-11H2/b4-3-. The summed E-state index contributed by atoms with van der Waals surface area (Å²) >= 11 is 0. The molecule has 1 aromatic carbocycles. The van der Waals surface area contributed by atoms with Gasteiger partial charge in [-0.3, -0.25) is 0 Å². The quantitative estimate of drug-likeness (QED) is 0.693. The number of hydrogen-bond acceptors (Lipinski definition) is 1. The van der Waals surface area contributed by atoms with Crippen molar-refractivity contribution in [3.63, 3.8) is 0 Å². The Morgan fingerprint density at radius 2 is 1.84 bits per heavy atom. The summed E-state index contributed by atoms with van der Waals surface area (Å²) in [5.74, 6) is 1.53. The van der Waals surface area contributed by atoms with Crippen LogP contribution in [-0.4, -0.2) is 0 Å². The second kappa shape index (κ2) is 6.95. The van der Waals surface area contributed by atoms with Crippen molar-refractivity contribution in [1.82, 2.24) is 0 Å². The van der Waals surface area contributed by atoms with Crippen molar-refractivity contribution >= 4 is 0 Å². The van der Waals surface area contributed by atoms with Gasteiger partial charge in [-0.05, 0) is 61.6 Å². The Kier molecular flexibility index (Phi) is 4.98. The van der Waals surface area contributed by atoms with Crippen LogP contribution in [0.3, 0.4) is 0 Å². The van der Waals surface area contributed by atoms with Crippen molar-refractivity contribution in [3.05, 3.63) is 60.2 Å². The van der Waals surface area contributed by atoms with Crippen molar-refractivity contribution < 1.29 is 0 Å². The maximum absolute atomic E-state index is 8.81. The lowest BCUT2D eigenvalue weighted by Crippen LogP contribution is -2.12. The second-order valence-electron chi connectivity index (χ2n) is 5.35. The van der Waals surface area contributed by atoms with E-state index in [-0.39, 0.29) is 0 Å². The van der Waals surface area contributed by atoms with Crippen LogP contribution in [0.5, 0.6) is 0 Å². The predicted octanol–water partition coefficient (Wildman–Crippen LogP) is 4.96. The molecule has 0 aromatic heterocycles. The van der Waals surface area contributed by atoms with E-state index in [0.29, 0.717) is 5.92 Å². The first kappa shape index (κ1) is 13.6. The molecule has 0 spiro atoms. The highest BCUT2D eigenvalue weighted by Crippen LogP contribution is 2.37. The SMILES string of the molecule is C=C/C=C\CC1CCC(c2ccc(C#N)cc2)CC1. The van der Waals surface area contributed by atoms with Gasteiger partial charge in [0.25, 0.3) is 0 Å². The van der Waals surface area contributed by atoms with Gasteiger partial charge in [0.2, 0.25) is 0 Å². The van der Waals surface area contributed by atoms with E-state index in [0.717, 1.165) is 11.5 Å². The van der Waals surface area contributed by atoms with E-state index in [2.05, 4.69) is 30.9 Å². The highest BCUT2D eigenvalue weighted by molar-refractivity contribution is 5.33. The Hall–Kier alpha value is -1.81. The molecule has 19 heavy (non-hydrogen) atoms. The maximum Gasteiger partial charge on any atom is 0.0991 e. The average molecular weight is 251 g/mol. The summed E-state index contributed by atoms with van der Waals surface area (Å²) in [5, 5.41) is 8.81. The molecule has 1 heteroatoms. The number of nitriles is 1. The van der Waals surface area contributed by atoms with E-state index in [1.54, 1.807) is 0 Å². The lowest BCUT2D eigenvalue weighted by Gasteiger charge is -2.28. The number of hydrogen-bond donors (Lipinski definition) is 0. The van der Waals surface area contributed by atoms with Crippen molar-refractivity contribution in [2.45, 2.75) is 38.0 Å². The first-order valence-corrected chi connectivity index (χ1v) is 7.11. The summed E-state index contributed by atoms with van der Waals surface area (Å²) in [6.07, 6.45) is 12.5. The van der Waals surface area contributed by atoms with E-state index < -0.39 is 0 Å². The van der Waals surface area contributed by atoms with Crippen LogP contribution < -0.4 is 0 Å². The predicted molar refractivity (Wildman–Crippen MR) is 79.8 cm³/mol. The monoisotopic (exact) mass is 251 g/mol. The fourth-order valence-corrected chi connectivity index (χ4v) is 2.93. The maximum atomic E-state index is 8.81. The summed E-state index contributed by atoms with van der Waals surface area (Å²) < 4.78 is 0. The van der Waals surface area contributed by atoms with Gasteiger partial charge in [-0.15, -0.1) is 0 Å². The summed E-state index contributed by atoms with van der Waals surface area (Å²) in [6, 6.07) is 10.3. The van der Waals surface area contributed by atoms with Crippen LogP contribution in [0, 0.1) is 17.2 Å². The molecule has 1 aliphatic rings. The van der Waals surface area contributed by atoms with E-state index in [1.807, 2.05) is 24.3 Å². The van der Waals surface area contributed by atoms with Gasteiger partial charge in [-0.1, -0.05) is 36.9 Å². The molecule has 0 amide bonds. The average Bonchev–Trinajstić information content (AvgIpc) is 2.48. The Morgan fingerprint density at radius 1 is 1.16 bits per heavy atom. The molecule has 1 aromatic rings. The molecule has 1 fully saturated rings. The molecule has 0 saturated heterocycles. The molecule has 0 aliphatic heterocycles. The van der Waals surface area contributed by atoms with Gasteiger partial charge < -0.3 is 0 Å². The van der Waals surface area contributed by atoms with Crippen LogP contribution in [0.1, 0.15) is 49.1 Å². The molecule has 1 nitrogen and oxygen atoms in total. The molecule has 0 bridgehead atoms. The zero-order valence-electron chi connectivity index (χ0n) is 11.4. The van der Waals surface area contributed by atoms with Crippen molar-refractivity contribution in [2.24, 2.45) is 5.92 Å². The van der Waals surface area contributed by atoms with E-state index in [1.165, 1.54) is 37.7 Å². The number of allylic oxidation sites excluding steroid dienone is 3. The van der Waals surface area contributed by atoms with Crippen LogP contribution in [0.4, 0.5) is 0 Å². The van der Waals surface area contributed by atoms with Gasteiger partial charge in [0.15, 0.2) is 0 Å². The third-order valence-electron chi connectivity index (χ3n) is 4.10. The van der Waals surface area contributed by atoms with Crippen LogP contribution in [0.25, 0.3) is 0 Å². The molecule has 1 saturated carbocycles. The molecular weight excluding hydrogens is 230 g/mol. The minimum absolute atomic E-state index is 0.687. The number of rotatable bonds is 4. The third-order valence-corrected chi connectivity index (χ3v) is 4.10.